The van der Waals surface area contributed by atoms with Crippen molar-refractivity contribution in [2.75, 3.05) is 26.4 Å². The van der Waals surface area contributed by atoms with Gasteiger partial charge in [0.2, 0.25) is 0 Å². The third-order valence-electron chi connectivity index (χ3n) is 12.0. The SMILES string of the molecule is C=CC(=O)OCCCCCCCCCCCCCCCCOc1ccc(C(=O)Oc2cc(F)c(OC(=O)c3ccc(OCCCCCCCCCCCCCCCCOC(=O)C=C)cc3)cc2F)cc1. The van der Waals surface area contributed by atoms with E-state index >= 15 is 0 Å². The molecule has 0 bridgehead atoms. The molecule has 3 aromatic rings. The Hall–Kier alpha value is -5.52. The predicted molar refractivity (Wildman–Crippen MR) is 272 cm³/mol. The number of unbranched alkanes of at least 4 members (excludes halogenated alkanes) is 26. The fraction of sp³-hybridized carbons (Fsp3) is 0.552. The molecule has 0 saturated carbocycles. The van der Waals surface area contributed by atoms with E-state index in [0.29, 0.717) is 50.1 Å². The highest BCUT2D eigenvalue weighted by Gasteiger charge is 2.19. The topological polar surface area (TPSA) is 124 Å². The first-order valence-corrected chi connectivity index (χ1v) is 26.2. The fourth-order valence-corrected chi connectivity index (χ4v) is 7.85. The lowest BCUT2D eigenvalue weighted by atomic mass is 10.0. The second-order valence-corrected chi connectivity index (χ2v) is 17.9. The molecule has 0 aromatic heterocycles. The quantitative estimate of drug-likeness (QED) is 0.0235. The maximum atomic E-state index is 15.0. The average Bonchev–Trinajstić information content (AvgIpc) is 3.37. The molecule has 3 aromatic carbocycles. The molecule has 0 radical (unpaired) electrons. The van der Waals surface area contributed by atoms with Crippen LogP contribution in [-0.2, 0) is 19.1 Å². The molecule has 12 heteroatoms. The largest absolute Gasteiger partial charge is 0.494 e. The molecule has 0 N–H and O–H groups in total. The molecule has 0 fully saturated rings. The number of carbonyl (C=O) groups is 4. The number of hydrogen-bond acceptors (Lipinski definition) is 10. The molecule has 386 valence electrons. The van der Waals surface area contributed by atoms with Crippen LogP contribution in [0.25, 0.3) is 0 Å². The van der Waals surface area contributed by atoms with Gasteiger partial charge in [-0.15, -0.1) is 0 Å². The molecular formula is C58H80F2O10. The lowest BCUT2D eigenvalue weighted by molar-refractivity contribution is -0.138. The number of ether oxygens (including phenoxy) is 6. The lowest BCUT2D eigenvalue weighted by Gasteiger charge is -2.11. The van der Waals surface area contributed by atoms with Gasteiger partial charge in [0.05, 0.1) is 37.6 Å². The van der Waals surface area contributed by atoms with Crippen LogP contribution in [0.3, 0.4) is 0 Å². The first-order valence-electron chi connectivity index (χ1n) is 26.2. The zero-order valence-corrected chi connectivity index (χ0v) is 41.8. The van der Waals surface area contributed by atoms with Gasteiger partial charge < -0.3 is 28.4 Å². The van der Waals surface area contributed by atoms with Crippen LogP contribution in [0.15, 0.2) is 86.0 Å². The summed E-state index contributed by atoms with van der Waals surface area (Å²) in [6.45, 7) is 8.86. The monoisotopic (exact) mass is 975 g/mol. The predicted octanol–water partition coefficient (Wildman–Crippen LogP) is 15.5. The van der Waals surface area contributed by atoms with E-state index in [2.05, 4.69) is 13.2 Å². The van der Waals surface area contributed by atoms with Gasteiger partial charge in [0.25, 0.3) is 0 Å². The molecular weight excluding hydrogens is 895 g/mol. The van der Waals surface area contributed by atoms with Crippen molar-refractivity contribution in [1.29, 1.82) is 0 Å². The van der Waals surface area contributed by atoms with E-state index < -0.39 is 35.1 Å². The van der Waals surface area contributed by atoms with Crippen LogP contribution in [0.2, 0.25) is 0 Å². The first-order chi connectivity index (χ1) is 34.2. The third kappa shape index (κ3) is 27.6. The maximum absolute atomic E-state index is 15.0. The molecule has 3 rings (SSSR count). The number of benzene rings is 3. The Balaban J connectivity index is 1.19. The summed E-state index contributed by atoms with van der Waals surface area (Å²) in [5.41, 5.74) is 0.263. The molecule has 0 heterocycles. The Bertz CT molecular complexity index is 1790. The third-order valence-corrected chi connectivity index (χ3v) is 12.0. The van der Waals surface area contributed by atoms with Crippen molar-refractivity contribution in [3.8, 4) is 23.0 Å². The summed E-state index contributed by atoms with van der Waals surface area (Å²) >= 11 is 0. The number of halogens is 2. The van der Waals surface area contributed by atoms with E-state index in [1.54, 1.807) is 24.3 Å². The van der Waals surface area contributed by atoms with Gasteiger partial charge in [0.15, 0.2) is 23.1 Å². The maximum Gasteiger partial charge on any atom is 0.343 e. The highest BCUT2D eigenvalue weighted by Crippen LogP contribution is 2.29. The summed E-state index contributed by atoms with van der Waals surface area (Å²) in [4.78, 5) is 47.6. The Morgan fingerprint density at radius 2 is 0.614 bits per heavy atom. The molecule has 0 aliphatic heterocycles. The summed E-state index contributed by atoms with van der Waals surface area (Å²) in [6.07, 6.45) is 35.2. The minimum Gasteiger partial charge on any atom is -0.494 e. The van der Waals surface area contributed by atoms with Gasteiger partial charge in [0.1, 0.15) is 11.5 Å². The minimum absolute atomic E-state index is 0.132. The Kier molecular flexibility index (Phi) is 32.1. The highest BCUT2D eigenvalue weighted by atomic mass is 19.1. The van der Waals surface area contributed by atoms with Gasteiger partial charge in [-0.1, -0.05) is 167 Å². The number of esters is 4. The van der Waals surface area contributed by atoms with Crippen LogP contribution in [0.5, 0.6) is 23.0 Å². The van der Waals surface area contributed by atoms with E-state index in [-0.39, 0.29) is 23.1 Å². The molecule has 0 atom stereocenters. The average molecular weight is 975 g/mol. The van der Waals surface area contributed by atoms with E-state index in [4.69, 9.17) is 28.4 Å². The van der Waals surface area contributed by atoms with Crippen molar-refractivity contribution in [3.05, 3.63) is 109 Å². The summed E-state index contributed by atoms with van der Waals surface area (Å²) in [7, 11) is 0. The molecule has 0 aliphatic rings. The van der Waals surface area contributed by atoms with Gasteiger partial charge >= 0.3 is 23.9 Å². The second-order valence-electron chi connectivity index (χ2n) is 17.9. The van der Waals surface area contributed by atoms with Crippen molar-refractivity contribution in [1.82, 2.24) is 0 Å². The minimum atomic E-state index is -1.07. The Morgan fingerprint density at radius 1 is 0.371 bits per heavy atom. The number of hydrogen-bond donors (Lipinski definition) is 0. The zero-order valence-electron chi connectivity index (χ0n) is 41.8. The van der Waals surface area contributed by atoms with Crippen LogP contribution < -0.4 is 18.9 Å². The molecule has 0 spiro atoms. The number of carbonyl (C=O) groups excluding carboxylic acids is 4. The van der Waals surface area contributed by atoms with Crippen LogP contribution in [0.1, 0.15) is 200 Å². The molecule has 70 heavy (non-hydrogen) atoms. The Morgan fingerprint density at radius 3 is 0.871 bits per heavy atom. The summed E-state index contributed by atoms with van der Waals surface area (Å²) in [5, 5.41) is 0. The van der Waals surface area contributed by atoms with Crippen LogP contribution >= 0.6 is 0 Å². The van der Waals surface area contributed by atoms with E-state index in [1.807, 2.05) is 0 Å². The first kappa shape index (κ1) is 58.8. The molecule has 0 saturated heterocycles. The summed E-state index contributed by atoms with van der Waals surface area (Å²) in [6, 6.07) is 13.9. The Labute approximate surface area is 416 Å². The smallest absolute Gasteiger partial charge is 0.343 e. The number of rotatable bonds is 42. The van der Waals surface area contributed by atoms with Crippen LogP contribution in [0.4, 0.5) is 8.78 Å². The van der Waals surface area contributed by atoms with Crippen molar-refractivity contribution in [2.24, 2.45) is 0 Å². The van der Waals surface area contributed by atoms with Crippen molar-refractivity contribution < 1.29 is 56.4 Å². The van der Waals surface area contributed by atoms with E-state index in [0.717, 1.165) is 64.2 Å². The van der Waals surface area contributed by atoms with Gasteiger partial charge in [-0.05, 0) is 74.2 Å². The van der Waals surface area contributed by atoms with E-state index in [9.17, 15) is 28.0 Å². The summed E-state index contributed by atoms with van der Waals surface area (Å²) in [5.74, 6) is -4.68. The van der Waals surface area contributed by atoms with E-state index in [1.165, 1.54) is 152 Å². The lowest BCUT2D eigenvalue weighted by Crippen LogP contribution is -2.12. The van der Waals surface area contributed by atoms with Crippen molar-refractivity contribution in [2.45, 2.75) is 180 Å². The molecule has 10 nitrogen and oxygen atoms in total. The zero-order chi connectivity index (χ0) is 50.3. The fourth-order valence-electron chi connectivity index (χ4n) is 7.85. The highest BCUT2D eigenvalue weighted by molar-refractivity contribution is 5.92. The summed E-state index contributed by atoms with van der Waals surface area (Å²) < 4.78 is 61.9. The second kappa shape index (κ2) is 38.3. The van der Waals surface area contributed by atoms with Crippen molar-refractivity contribution in [3.63, 3.8) is 0 Å². The normalized spacial score (nSPS) is 10.9. The molecule has 0 aliphatic carbocycles. The molecule has 0 unspecified atom stereocenters. The van der Waals surface area contributed by atoms with Crippen LogP contribution in [-0.4, -0.2) is 50.3 Å². The standard InChI is InChI=1S/C58H80F2O10/c1-3-55(61)67-43-31-27-23-19-15-11-7-5-9-13-17-21-25-29-41-65-49-37-33-47(34-38-49)57(63)69-53-45-52(60)54(46-51(53)59)70-58(64)48-35-39-50(40-36-48)66-42-30-26-22-18-14-10-6-8-12-16-20-24-28-32-44-68-56(62)4-2/h3-4,33-40,45-46H,1-2,5-32,41-44H2. The van der Waals surface area contributed by atoms with Crippen molar-refractivity contribution >= 4 is 23.9 Å². The van der Waals surface area contributed by atoms with Crippen LogP contribution in [0, 0.1) is 11.6 Å². The van der Waals surface area contributed by atoms with Gasteiger partial charge in [-0.2, -0.15) is 0 Å². The van der Waals surface area contributed by atoms with Gasteiger partial charge in [0, 0.05) is 24.3 Å². The van der Waals surface area contributed by atoms with Gasteiger partial charge in [-0.25, -0.2) is 28.0 Å². The van der Waals surface area contributed by atoms with Gasteiger partial charge in [-0.3, -0.25) is 0 Å². The molecule has 0 amide bonds.